The van der Waals surface area contributed by atoms with Gasteiger partial charge in [-0.15, -0.1) is 0 Å². The average molecular weight is 174 g/mol. The van der Waals surface area contributed by atoms with E-state index in [-0.39, 0.29) is 0 Å². The van der Waals surface area contributed by atoms with E-state index in [1.807, 2.05) is 25.1 Å². The third kappa shape index (κ3) is 1.22. The fraction of sp³-hybridized carbons (Fsp3) is 0.364. The average Bonchev–Trinajstić information content (AvgIpc) is 2.06. The first-order valence-corrected chi connectivity index (χ1v) is 4.53. The van der Waals surface area contributed by atoms with Crippen LogP contribution in [0.3, 0.4) is 0 Å². The quantitative estimate of drug-likeness (QED) is 0.510. The number of rotatable bonds is 1. The minimum absolute atomic E-state index is 0.339. The predicted octanol–water partition coefficient (Wildman–Crippen LogP) is 1.87. The van der Waals surface area contributed by atoms with Gasteiger partial charge in [-0.3, -0.25) is 5.41 Å². The lowest BCUT2D eigenvalue weighted by Gasteiger charge is -2.33. The van der Waals surface area contributed by atoms with Gasteiger partial charge in [-0.05, 0) is 17.5 Å². The van der Waals surface area contributed by atoms with E-state index >= 15 is 0 Å². The standard InChI is InChI=1S/C11H14N2/c1-13(2)11(12)10-7-8-5-3-4-6-9(8)10/h3-6,10,12H,7H2,1-2H3. The lowest BCUT2D eigenvalue weighted by Crippen LogP contribution is -2.34. The van der Waals surface area contributed by atoms with Crippen molar-refractivity contribution in [3.8, 4) is 0 Å². The lowest BCUT2D eigenvalue weighted by molar-refractivity contribution is 0.562. The molecule has 1 unspecified atom stereocenters. The molecule has 0 spiro atoms. The molecule has 0 saturated heterocycles. The van der Waals surface area contributed by atoms with Gasteiger partial charge in [0.15, 0.2) is 0 Å². The van der Waals surface area contributed by atoms with E-state index in [1.165, 1.54) is 11.1 Å². The van der Waals surface area contributed by atoms with E-state index in [0.717, 1.165) is 12.3 Å². The van der Waals surface area contributed by atoms with Crippen LogP contribution in [-0.2, 0) is 6.42 Å². The first-order chi connectivity index (χ1) is 6.20. The summed E-state index contributed by atoms with van der Waals surface area (Å²) in [5.41, 5.74) is 2.74. The summed E-state index contributed by atoms with van der Waals surface area (Å²) in [6, 6.07) is 8.39. The third-order valence-electron chi connectivity index (χ3n) is 2.67. The molecule has 1 N–H and O–H groups in total. The summed E-state index contributed by atoms with van der Waals surface area (Å²) in [5, 5.41) is 7.86. The fourth-order valence-corrected chi connectivity index (χ4v) is 1.81. The molecule has 0 amide bonds. The highest BCUT2D eigenvalue weighted by Gasteiger charge is 2.29. The molecule has 13 heavy (non-hydrogen) atoms. The van der Waals surface area contributed by atoms with Crippen LogP contribution in [0.25, 0.3) is 0 Å². The first-order valence-electron chi connectivity index (χ1n) is 4.53. The Morgan fingerprint density at radius 3 is 2.69 bits per heavy atom. The van der Waals surface area contributed by atoms with Gasteiger partial charge in [0.2, 0.25) is 0 Å². The van der Waals surface area contributed by atoms with E-state index in [2.05, 4.69) is 18.2 Å². The monoisotopic (exact) mass is 174 g/mol. The number of hydrogen-bond acceptors (Lipinski definition) is 1. The maximum absolute atomic E-state index is 7.86. The Labute approximate surface area is 78.7 Å². The van der Waals surface area contributed by atoms with Gasteiger partial charge in [0.25, 0.3) is 0 Å². The number of amidine groups is 1. The summed E-state index contributed by atoms with van der Waals surface area (Å²) in [5.74, 6) is 1.06. The van der Waals surface area contributed by atoms with E-state index in [0.29, 0.717) is 5.92 Å². The molecule has 2 rings (SSSR count). The second-order valence-corrected chi connectivity index (χ2v) is 3.74. The zero-order valence-corrected chi connectivity index (χ0v) is 8.04. The lowest BCUT2D eigenvalue weighted by atomic mass is 9.76. The van der Waals surface area contributed by atoms with Crippen LogP contribution in [0, 0.1) is 5.41 Å². The van der Waals surface area contributed by atoms with Crippen LogP contribution in [-0.4, -0.2) is 24.8 Å². The summed E-state index contributed by atoms with van der Waals surface area (Å²) in [6.07, 6.45) is 1.03. The number of benzene rings is 1. The van der Waals surface area contributed by atoms with E-state index in [9.17, 15) is 0 Å². The number of hydrogen-bond donors (Lipinski definition) is 1. The summed E-state index contributed by atoms with van der Waals surface area (Å²) in [7, 11) is 3.87. The molecule has 1 aromatic rings. The highest BCUT2D eigenvalue weighted by molar-refractivity contribution is 5.88. The Hall–Kier alpha value is -1.31. The summed E-state index contributed by atoms with van der Waals surface area (Å²) < 4.78 is 0. The van der Waals surface area contributed by atoms with Crippen LogP contribution < -0.4 is 0 Å². The summed E-state index contributed by atoms with van der Waals surface area (Å²) in [6.45, 7) is 0. The highest BCUT2D eigenvalue weighted by atomic mass is 15.1. The van der Waals surface area contributed by atoms with Gasteiger partial charge in [-0.25, -0.2) is 0 Å². The molecule has 1 aromatic carbocycles. The molecule has 1 aliphatic carbocycles. The van der Waals surface area contributed by atoms with Crippen molar-refractivity contribution < 1.29 is 0 Å². The zero-order valence-electron chi connectivity index (χ0n) is 8.04. The Balaban J connectivity index is 2.22. The third-order valence-corrected chi connectivity index (χ3v) is 2.67. The van der Waals surface area contributed by atoms with Crippen LogP contribution in [0.15, 0.2) is 24.3 Å². The molecule has 2 nitrogen and oxygen atoms in total. The minimum Gasteiger partial charge on any atom is -0.366 e. The minimum atomic E-state index is 0.339. The van der Waals surface area contributed by atoms with Gasteiger partial charge >= 0.3 is 0 Å². The van der Waals surface area contributed by atoms with Crippen molar-refractivity contribution in [1.29, 1.82) is 5.41 Å². The Morgan fingerprint density at radius 2 is 2.08 bits per heavy atom. The number of fused-ring (bicyclic) bond motifs is 1. The molecular weight excluding hydrogens is 160 g/mol. The van der Waals surface area contributed by atoms with Gasteiger partial charge in [0, 0.05) is 20.0 Å². The van der Waals surface area contributed by atoms with Gasteiger partial charge in [-0.2, -0.15) is 0 Å². The molecule has 0 bridgehead atoms. The van der Waals surface area contributed by atoms with Gasteiger partial charge in [0.05, 0.1) is 0 Å². The van der Waals surface area contributed by atoms with Crippen molar-refractivity contribution in [3.63, 3.8) is 0 Å². The maximum atomic E-state index is 7.86. The van der Waals surface area contributed by atoms with Gasteiger partial charge in [-0.1, -0.05) is 24.3 Å². The molecule has 0 heterocycles. The van der Waals surface area contributed by atoms with Crippen molar-refractivity contribution in [2.75, 3.05) is 14.1 Å². The Bertz CT molecular complexity index is 342. The van der Waals surface area contributed by atoms with Crippen molar-refractivity contribution >= 4 is 5.84 Å². The molecule has 0 fully saturated rings. The second kappa shape index (κ2) is 2.87. The molecule has 0 aromatic heterocycles. The van der Waals surface area contributed by atoms with Crippen LogP contribution in [0.2, 0.25) is 0 Å². The maximum Gasteiger partial charge on any atom is 0.103 e. The summed E-state index contributed by atoms with van der Waals surface area (Å²) >= 11 is 0. The normalized spacial score (nSPS) is 18.8. The Morgan fingerprint density at radius 1 is 1.38 bits per heavy atom. The highest BCUT2D eigenvalue weighted by Crippen LogP contribution is 2.35. The van der Waals surface area contributed by atoms with Crippen molar-refractivity contribution in [3.05, 3.63) is 35.4 Å². The van der Waals surface area contributed by atoms with Crippen LogP contribution in [0.5, 0.6) is 0 Å². The van der Waals surface area contributed by atoms with Crippen LogP contribution in [0.1, 0.15) is 17.0 Å². The topological polar surface area (TPSA) is 27.1 Å². The van der Waals surface area contributed by atoms with E-state index < -0.39 is 0 Å². The molecule has 68 valence electrons. The van der Waals surface area contributed by atoms with Crippen LogP contribution in [0.4, 0.5) is 0 Å². The Kier molecular flexibility index (Phi) is 1.83. The molecule has 2 heteroatoms. The molecule has 0 saturated carbocycles. The molecule has 0 aliphatic heterocycles. The zero-order chi connectivity index (χ0) is 9.42. The van der Waals surface area contributed by atoms with E-state index in [1.54, 1.807) is 0 Å². The van der Waals surface area contributed by atoms with Crippen molar-refractivity contribution in [2.45, 2.75) is 12.3 Å². The first kappa shape index (κ1) is 8.30. The molecule has 1 aliphatic rings. The molecule has 0 radical (unpaired) electrons. The van der Waals surface area contributed by atoms with Gasteiger partial charge in [0.1, 0.15) is 5.84 Å². The smallest absolute Gasteiger partial charge is 0.103 e. The second-order valence-electron chi connectivity index (χ2n) is 3.74. The van der Waals surface area contributed by atoms with Gasteiger partial charge < -0.3 is 4.90 Å². The fourth-order valence-electron chi connectivity index (χ4n) is 1.81. The summed E-state index contributed by atoms with van der Waals surface area (Å²) in [4.78, 5) is 1.89. The number of likely N-dealkylation sites (N-methyl/N-ethyl adjacent to an activating group) is 1. The van der Waals surface area contributed by atoms with Crippen molar-refractivity contribution in [2.24, 2.45) is 0 Å². The number of nitrogens with one attached hydrogen (secondary N) is 1. The largest absolute Gasteiger partial charge is 0.366 e. The predicted molar refractivity (Wildman–Crippen MR) is 54.3 cm³/mol. The molecular formula is C11H14N2. The van der Waals surface area contributed by atoms with Crippen LogP contribution >= 0.6 is 0 Å². The van der Waals surface area contributed by atoms with E-state index in [4.69, 9.17) is 5.41 Å². The SMILES string of the molecule is CN(C)C(=N)C1Cc2ccccc21. The number of nitrogens with zero attached hydrogens (tertiary/aromatic N) is 1. The van der Waals surface area contributed by atoms with Crippen molar-refractivity contribution in [1.82, 2.24) is 4.90 Å². The molecule has 1 atom stereocenters.